The minimum atomic E-state index is -4.50. The van der Waals surface area contributed by atoms with E-state index >= 15 is 0 Å². The van der Waals surface area contributed by atoms with Gasteiger partial charge in [-0.1, -0.05) is 29.3 Å². The van der Waals surface area contributed by atoms with Crippen LogP contribution in [0, 0.1) is 0 Å². The Hall–Kier alpha value is -0.980. The number of rotatable bonds is 1. The van der Waals surface area contributed by atoms with Crippen LogP contribution in [-0.4, -0.2) is 35.6 Å². The van der Waals surface area contributed by atoms with Crippen LogP contribution in [-0.2, 0) is 0 Å². The van der Waals surface area contributed by atoms with E-state index in [2.05, 4.69) is 0 Å². The highest BCUT2D eigenvalue weighted by molar-refractivity contribution is 6.43. The van der Waals surface area contributed by atoms with Gasteiger partial charge in [0, 0.05) is 12.6 Å². The van der Waals surface area contributed by atoms with Crippen LogP contribution in [0.25, 0.3) is 0 Å². The third-order valence-corrected chi connectivity index (χ3v) is 4.26. The average molecular weight is 341 g/mol. The number of hydrogen-bond acceptors (Lipinski definition) is 2. The van der Waals surface area contributed by atoms with Crippen LogP contribution in [0.4, 0.5) is 13.2 Å². The summed E-state index contributed by atoms with van der Waals surface area (Å²) in [5.74, 6) is -0.806. The number of likely N-dealkylation sites (tertiary alicyclic amines) is 1. The lowest BCUT2D eigenvalue weighted by molar-refractivity contribution is -0.184. The average Bonchev–Trinajstić information content (AvgIpc) is 2.39. The van der Waals surface area contributed by atoms with Crippen molar-refractivity contribution in [2.45, 2.75) is 31.1 Å². The number of nitrogens with zero attached hydrogens (tertiary/aromatic N) is 1. The Bertz CT molecular complexity index is 551. The molecule has 0 bridgehead atoms. The lowest BCUT2D eigenvalue weighted by atomic mass is 9.97. The van der Waals surface area contributed by atoms with Crippen LogP contribution in [0.2, 0.25) is 10.0 Å². The van der Waals surface area contributed by atoms with Crippen LogP contribution >= 0.6 is 23.2 Å². The number of piperidine rings is 1. The summed E-state index contributed by atoms with van der Waals surface area (Å²) in [6, 6.07) is 1.95. The minimum absolute atomic E-state index is 0.0486. The zero-order valence-electron chi connectivity index (χ0n) is 10.8. The fourth-order valence-corrected chi connectivity index (χ4v) is 2.77. The van der Waals surface area contributed by atoms with Crippen LogP contribution in [0.1, 0.15) is 23.2 Å². The molecule has 0 aliphatic carbocycles. The SMILES string of the molecule is N[C@H]1CC[C@H](C(F)(F)F)N(C(=O)c2cccc(Cl)c2Cl)C1. The number of halogens is 5. The third-order valence-electron chi connectivity index (χ3n) is 3.44. The molecular formula is C13H13Cl2F3N2O. The Labute approximate surface area is 129 Å². The van der Waals surface area contributed by atoms with Crippen LogP contribution in [0.15, 0.2) is 18.2 Å². The molecule has 1 aromatic carbocycles. The number of carbonyl (C=O) groups excluding carboxylic acids is 1. The maximum Gasteiger partial charge on any atom is 0.408 e. The zero-order valence-corrected chi connectivity index (χ0v) is 12.3. The molecular weight excluding hydrogens is 328 g/mol. The first-order valence-corrected chi connectivity index (χ1v) is 7.04. The zero-order chi connectivity index (χ0) is 15.8. The van der Waals surface area contributed by atoms with Crippen molar-refractivity contribution in [3.8, 4) is 0 Å². The molecule has 1 aromatic rings. The van der Waals surface area contributed by atoms with E-state index in [0.717, 1.165) is 4.90 Å². The summed E-state index contributed by atoms with van der Waals surface area (Å²) in [5.41, 5.74) is 5.65. The van der Waals surface area contributed by atoms with Gasteiger partial charge in [0.05, 0.1) is 15.6 Å². The first-order chi connectivity index (χ1) is 9.71. The van der Waals surface area contributed by atoms with E-state index < -0.39 is 24.2 Å². The maximum atomic E-state index is 13.1. The quantitative estimate of drug-likeness (QED) is 0.850. The van der Waals surface area contributed by atoms with Gasteiger partial charge in [-0.05, 0) is 25.0 Å². The van der Waals surface area contributed by atoms with Crippen molar-refractivity contribution in [1.29, 1.82) is 0 Å². The molecule has 1 amide bonds. The molecule has 0 spiro atoms. The highest BCUT2D eigenvalue weighted by atomic mass is 35.5. The van der Waals surface area contributed by atoms with Crippen molar-refractivity contribution in [3.05, 3.63) is 33.8 Å². The summed E-state index contributed by atoms with van der Waals surface area (Å²) in [5, 5.41) is 0.0663. The number of carbonyl (C=O) groups is 1. The van der Waals surface area contributed by atoms with Crippen LogP contribution in [0.5, 0.6) is 0 Å². The number of alkyl halides is 3. The molecule has 1 heterocycles. The van der Waals surface area contributed by atoms with Gasteiger partial charge in [-0.3, -0.25) is 4.79 Å². The van der Waals surface area contributed by atoms with Gasteiger partial charge >= 0.3 is 6.18 Å². The second-order valence-corrected chi connectivity index (χ2v) is 5.74. The normalized spacial score (nSPS) is 23.2. The van der Waals surface area contributed by atoms with E-state index in [4.69, 9.17) is 28.9 Å². The molecule has 1 aliphatic rings. The van der Waals surface area contributed by atoms with Crippen molar-refractivity contribution in [2.24, 2.45) is 5.73 Å². The van der Waals surface area contributed by atoms with Crippen molar-refractivity contribution >= 4 is 29.1 Å². The van der Waals surface area contributed by atoms with Gasteiger partial charge in [-0.15, -0.1) is 0 Å². The monoisotopic (exact) mass is 340 g/mol. The molecule has 116 valence electrons. The van der Waals surface area contributed by atoms with Gasteiger partial charge in [0.2, 0.25) is 0 Å². The second-order valence-electron chi connectivity index (χ2n) is 4.95. The van der Waals surface area contributed by atoms with Gasteiger partial charge in [-0.2, -0.15) is 13.2 Å². The summed E-state index contributed by atoms with van der Waals surface area (Å²) in [4.78, 5) is 13.1. The predicted octanol–water partition coefficient (Wildman–Crippen LogP) is 3.49. The smallest absolute Gasteiger partial charge is 0.326 e. The van der Waals surface area contributed by atoms with Crippen LogP contribution in [0.3, 0.4) is 0 Å². The number of benzene rings is 1. The Morgan fingerprint density at radius 3 is 2.57 bits per heavy atom. The molecule has 0 aromatic heterocycles. The molecule has 2 N–H and O–H groups in total. The molecule has 3 nitrogen and oxygen atoms in total. The first-order valence-electron chi connectivity index (χ1n) is 6.29. The fraction of sp³-hybridized carbons (Fsp3) is 0.462. The Morgan fingerprint density at radius 2 is 1.95 bits per heavy atom. The van der Waals surface area contributed by atoms with Crippen molar-refractivity contribution in [1.82, 2.24) is 4.90 Å². The van der Waals surface area contributed by atoms with E-state index in [1.165, 1.54) is 18.2 Å². The lowest BCUT2D eigenvalue weighted by Gasteiger charge is -2.39. The van der Waals surface area contributed by atoms with E-state index in [1.807, 2.05) is 0 Å². The van der Waals surface area contributed by atoms with E-state index in [9.17, 15) is 18.0 Å². The van der Waals surface area contributed by atoms with E-state index in [-0.39, 0.29) is 35.0 Å². The van der Waals surface area contributed by atoms with Crippen molar-refractivity contribution in [2.75, 3.05) is 6.54 Å². The fourth-order valence-electron chi connectivity index (χ4n) is 2.39. The molecule has 8 heteroatoms. The molecule has 2 atom stereocenters. The van der Waals surface area contributed by atoms with Gasteiger partial charge < -0.3 is 10.6 Å². The van der Waals surface area contributed by atoms with Crippen LogP contribution < -0.4 is 5.73 Å². The second kappa shape index (κ2) is 6.02. The summed E-state index contributed by atoms with van der Waals surface area (Å²) >= 11 is 11.7. The van der Waals surface area contributed by atoms with Gasteiger partial charge in [-0.25, -0.2) is 0 Å². The van der Waals surface area contributed by atoms with Gasteiger partial charge in [0.15, 0.2) is 0 Å². The number of nitrogens with two attached hydrogens (primary N) is 1. The topological polar surface area (TPSA) is 46.3 Å². The molecule has 2 rings (SSSR count). The molecule has 0 saturated carbocycles. The Morgan fingerprint density at radius 1 is 1.29 bits per heavy atom. The lowest BCUT2D eigenvalue weighted by Crippen LogP contribution is -2.56. The first kappa shape index (κ1) is 16.4. The summed E-state index contributed by atoms with van der Waals surface area (Å²) in [6.45, 7) is -0.161. The molecule has 0 radical (unpaired) electrons. The van der Waals surface area contributed by atoms with Crippen molar-refractivity contribution in [3.63, 3.8) is 0 Å². The maximum absolute atomic E-state index is 13.1. The highest BCUT2D eigenvalue weighted by Crippen LogP contribution is 2.34. The third kappa shape index (κ3) is 3.44. The molecule has 21 heavy (non-hydrogen) atoms. The van der Waals surface area contributed by atoms with Gasteiger partial charge in [0.25, 0.3) is 5.91 Å². The standard InChI is InChI=1S/C13H13Cl2F3N2O/c14-9-3-1-2-8(11(9)15)12(21)20-6-7(19)4-5-10(20)13(16,17)18/h1-3,7,10H,4-6,19H2/t7-,10+/m0/s1. The minimum Gasteiger partial charge on any atom is -0.326 e. The van der Waals surface area contributed by atoms with Crippen molar-refractivity contribution < 1.29 is 18.0 Å². The van der Waals surface area contributed by atoms with E-state index in [0.29, 0.717) is 0 Å². The molecule has 0 unspecified atom stereocenters. The van der Waals surface area contributed by atoms with Gasteiger partial charge in [0.1, 0.15) is 6.04 Å². The summed E-state index contributed by atoms with van der Waals surface area (Å²) in [7, 11) is 0. The molecule has 1 fully saturated rings. The largest absolute Gasteiger partial charge is 0.408 e. The summed E-state index contributed by atoms with van der Waals surface area (Å²) in [6.07, 6.45) is -4.49. The predicted molar refractivity (Wildman–Crippen MR) is 74.6 cm³/mol. The Balaban J connectivity index is 2.36. The van der Waals surface area contributed by atoms with E-state index in [1.54, 1.807) is 0 Å². The molecule has 1 saturated heterocycles. The summed E-state index contributed by atoms with van der Waals surface area (Å²) < 4.78 is 39.2. The number of amides is 1. The Kier molecular flexibility index (Phi) is 4.70. The highest BCUT2D eigenvalue weighted by Gasteiger charge is 2.47. The number of hydrogen-bond donors (Lipinski definition) is 1. The molecule has 1 aliphatic heterocycles.